The molecule has 2 fully saturated rings. The molecule has 0 spiro atoms. The van der Waals surface area contributed by atoms with E-state index >= 15 is 0 Å². The minimum absolute atomic E-state index is 0.144. The Hall–Kier alpha value is -1.14. The molecule has 2 saturated heterocycles. The zero-order valence-corrected chi connectivity index (χ0v) is 11.5. The molecule has 1 aromatic heterocycles. The number of ether oxygens (including phenoxy) is 2. The van der Waals surface area contributed by atoms with Crippen LogP contribution in [-0.4, -0.2) is 47.4 Å². The number of anilines is 1. The third kappa shape index (κ3) is 3.25. The summed E-state index contributed by atoms with van der Waals surface area (Å²) >= 11 is 5.92. The normalized spacial score (nSPS) is 23.0. The lowest BCUT2D eigenvalue weighted by Gasteiger charge is -2.16. The molecule has 0 amide bonds. The highest BCUT2D eigenvalue weighted by Crippen LogP contribution is 2.20. The lowest BCUT2D eigenvalue weighted by atomic mass is 10.2. The Balaban J connectivity index is 1.66. The number of hydrogen-bond donors (Lipinski definition) is 0. The van der Waals surface area contributed by atoms with E-state index < -0.39 is 0 Å². The fourth-order valence-electron chi connectivity index (χ4n) is 2.39. The Labute approximate surface area is 117 Å². The van der Waals surface area contributed by atoms with Crippen LogP contribution in [0.5, 0.6) is 6.01 Å². The summed E-state index contributed by atoms with van der Waals surface area (Å²) in [6.07, 6.45) is 4.58. The Morgan fingerprint density at radius 1 is 1.21 bits per heavy atom. The third-order valence-corrected chi connectivity index (χ3v) is 3.56. The van der Waals surface area contributed by atoms with Crippen molar-refractivity contribution in [1.82, 2.24) is 15.0 Å². The molecule has 6 nitrogen and oxygen atoms in total. The largest absolute Gasteiger partial charge is 0.461 e. The van der Waals surface area contributed by atoms with E-state index in [1.54, 1.807) is 0 Å². The SMILES string of the molecule is Clc1nc(OCC2CCCO2)nc(N2CCCC2)n1. The lowest BCUT2D eigenvalue weighted by Crippen LogP contribution is -2.22. The molecule has 3 rings (SSSR count). The second-order valence-electron chi connectivity index (χ2n) is 4.83. The van der Waals surface area contributed by atoms with Gasteiger partial charge in [0, 0.05) is 19.7 Å². The molecule has 3 heterocycles. The van der Waals surface area contributed by atoms with Crippen molar-refractivity contribution < 1.29 is 9.47 Å². The molecule has 0 aliphatic carbocycles. The molecule has 0 aromatic carbocycles. The van der Waals surface area contributed by atoms with Crippen molar-refractivity contribution in [3.05, 3.63) is 5.28 Å². The fraction of sp³-hybridized carbons (Fsp3) is 0.750. The Morgan fingerprint density at radius 2 is 2.05 bits per heavy atom. The van der Waals surface area contributed by atoms with Crippen LogP contribution in [0.2, 0.25) is 5.28 Å². The quantitative estimate of drug-likeness (QED) is 0.838. The van der Waals surface area contributed by atoms with Gasteiger partial charge in [0.15, 0.2) is 0 Å². The van der Waals surface area contributed by atoms with E-state index in [9.17, 15) is 0 Å². The van der Waals surface area contributed by atoms with Crippen molar-refractivity contribution in [1.29, 1.82) is 0 Å². The molecule has 0 N–H and O–H groups in total. The average molecular weight is 285 g/mol. The highest BCUT2D eigenvalue weighted by Gasteiger charge is 2.19. The maximum Gasteiger partial charge on any atom is 0.322 e. The van der Waals surface area contributed by atoms with Crippen molar-refractivity contribution in [3.63, 3.8) is 0 Å². The zero-order chi connectivity index (χ0) is 13.1. The van der Waals surface area contributed by atoms with Crippen molar-refractivity contribution in [3.8, 4) is 6.01 Å². The fourth-order valence-corrected chi connectivity index (χ4v) is 2.54. The number of halogens is 1. The van der Waals surface area contributed by atoms with Crippen molar-refractivity contribution in [2.24, 2.45) is 0 Å². The molecule has 0 saturated carbocycles. The van der Waals surface area contributed by atoms with Gasteiger partial charge in [-0.3, -0.25) is 0 Å². The summed E-state index contributed by atoms with van der Waals surface area (Å²) in [4.78, 5) is 14.6. The third-order valence-electron chi connectivity index (χ3n) is 3.39. The van der Waals surface area contributed by atoms with Gasteiger partial charge in [-0.05, 0) is 37.3 Å². The summed E-state index contributed by atoms with van der Waals surface area (Å²) in [5.41, 5.74) is 0. The number of nitrogens with zero attached hydrogens (tertiary/aromatic N) is 4. The molecule has 2 aliphatic heterocycles. The summed E-state index contributed by atoms with van der Waals surface area (Å²) in [7, 11) is 0. The summed E-state index contributed by atoms with van der Waals surface area (Å²) in [5.74, 6) is 0.611. The topological polar surface area (TPSA) is 60.4 Å². The molecule has 1 unspecified atom stereocenters. The van der Waals surface area contributed by atoms with Gasteiger partial charge in [-0.1, -0.05) is 0 Å². The summed E-state index contributed by atoms with van der Waals surface area (Å²) < 4.78 is 11.1. The standard InChI is InChI=1S/C12H17ClN4O2/c13-10-14-11(17-5-1-2-6-17)16-12(15-10)19-8-9-4-3-7-18-9/h9H,1-8H2. The Morgan fingerprint density at radius 3 is 2.79 bits per heavy atom. The Kier molecular flexibility index (Phi) is 3.98. The zero-order valence-electron chi connectivity index (χ0n) is 10.7. The van der Waals surface area contributed by atoms with Gasteiger partial charge in [0.2, 0.25) is 11.2 Å². The van der Waals surface area contributed by atoms with E-state index in [1.165, 1.54) is 0 Å². The average Bonchev–Trinajstić information content (AvgIpc) is 3.09. The van der Waals surface area contributed by atoms with Crippen LogP contribution in [0.4, 0.5) is 5.95 Å². The first-order valence-corrected chi connectivity index (χ1v) is 7.10. The predicted molar refractivity (Wildman–Crippen MR) is 70.8 cm³/mol. The van der Waals surface area contributed by atoms with Crippen LogP contribution in [0.1, 0.15) is 25.7 Å². The molecule has 1 aromatic rings. The van der Waals surface area contributed by atoms with Crippen LogP contribution in [0.25, 0.3) is 0 Å². The minimum Gasteiger partial charge on any atom is -0.461 e. The van der Waals surface area contributed by atoms with E-state index in [1.807, 2.05) is 0 Å². The first-order valence-electron chi connectivity index (χ1n) is 6.72. The van der Waals surface area contributed by atoms with Crippen LogP contribution in [0, 0.1) is 0 Å². The maximum atomic E-state index is 5.92. The molecule has 7 heteroatoms. The van der Waals surface area contributed by atoms with Crippen molar-refractivity contribution in [2.75, 3.05) is 31.2 Å². The van der Waals surface area contributed by atoms with Gasteiger partial charge in [-0.2, -0.15) is 15.0 Å². The van der Waals surface area contributed by atoms with Gasteiger partial charge in [-0.25, -0.2) is 0 Å². The van der Waals surface area contributed by atoms with Gasteiger partial charge >= 0.3 is 6.01 Å². The second kappa shape index (κ2) is 5.88. The van der Waals surface area contributed by atoms with Crippen LogP contribution >= 0.6 is 11.6 Å². The number of hydrogen-bond acceptors (Lipinski definition) is 6. The monoisotopic (exact) mass is 284 g/mol. The van der Waals surface area contributed by atoms with E-state index in [-0.39, 0.29) is 17.4 Å². The summed E-state index contributed by atoms with van der Waals surface area (Å²) in [5, 5.41) is 0.180. The molecular formula is C12H17ClN4O2. The van der Waals surface area contributed by atoms with Crippen LogP contribution in [0.3, 0.4) is 0 Å². The van der Waals surface area contributed by atoms with Crippen LogP contribution < -0.4 is 9.64 Å². The van der Waals surface area contributed by atoms with E-state index in [0.717, 1.165) is 45.4 Å². The maximum absolute atomic E-state index is 5.92. The first kappa shape index (κ1) is 12.9. The van der Waals surface area contributed by atoms with Gasteiger partial charge in [0.1, 0.15) is 6.61 Å². The predicted octanol–water partition coefficient (Wildman–Crippen LogP) is 1.68. The minimum atomic E-state index is 0.144. The summed E-state index contributed by atoms with van der Waals surface area (Å²) in [6, 6.07) is 0.289. The van der Waals surface area contributed by atoms with E-state index in [2.05, 4.69) is 19.9 Å². The van der Waals surface area contributed by atoms with Gasteiger partial charge in [0.05, 0.1) is 6.10 Å². The van der Waals surface area contributed by atoms with E-state index in [0.29, 0.717) is 12.6 Å². The molecule has 104 valence electrons. The van der Waals surface area contributed by atoms with Gasteiger partial charge in [-0.15, -0.1) is 0 Å². The molecule has 1 atom stereocenters. The first-order chi connectivity index (χ1) is 9.31. The Bertz CT molecular complexity index is 434. The molecule has 0 radical (unpaired) electrons. The molecular weight excluding hydrogens is 268 g/mol. The van der Waals surface area contributed by atoms with Gasteiger partial charge < -0.3 is 14.4 Å². The highest BCUT2D eigenvalue weighted by atomic mass is 35.5. The summed E-state index contributed by atoms with van der Waals surface area (Å²) in [6.45, 7) is 3.21. The van der Waals surface area contributed by atoms with Crippen molar-refractivity contribution in [2.45, 2.75) is 31.8 Å². The van der Waals surface area contributed by atoms with Crippen molar-refractivity contribution >= 4 is 17.5 Å². The molecule has 2 aliphatic rings. The second-order valence-corrected chi connectivity index (χ2v) is 5.17. The van der Waals surface area contributed by atoms with Crippen LogP contribution in [0.15, 0.2) is 0 Å². The molecule has 19 heavy (non-hydrogen) atoms. The molecule has 0 bridgehead atoms. The van der Waals surface area contributed by atoms with Gasteiger partial charge in [0.25, 0.3) is 0 Å². The lowest BCUT2D eigenvalue weighted by molar-refractivity contribution is 0.0645. The van der Waals surface area contributed by atoms with Crippen LogP contribution in [-0.2, 0) is 4.74 Å². The highest BCUT2D eigenvalue weighted by molar-refractivity contribution is 6.28. The number of aromatic nitrogens is 3. The van der Waals surface area contributed by atoms with E-state index in [4.69, 9.17) is 21.1 Å². The number of rotatable bonds is 4. The smallest absolute Gasteiger partial charge is 0.322 e.